The summed E-state index contributed by atoms with van der Waals surface area (Å²) in [6.07, 6.45) is 2.18. The maximum Gasteiger partial charge on any atom is 0.494 e. The first-order valence-electron chi connectivity index (χ1n) is 9.08. The van der Waals surface area contributed by atoms with Crippen LogP contribution in [0.2, 0.25) is 0 Å². The molecule has 0 aromatic heterocycles. The molecule has 2 aliphatic rings. The molecule has 3 rings (SSSR count). The molecule has 0 bridgehead atoms. The first-order chi connectivity index (χ1) is 11.8. The van der Waals surface area contributed by atoms with Gasteiger partial charge < -0.3 is 19.4 Å². The van der Waals surface area contributed by atoms with E-state index in [2.05, 4.69) is 5.32 Å². The quantitative estimate of drug-likeness (QED) is 0.846. The fraction of sp³-hybridized carbons (Fsp3) is 0.632. The van der Waals surface area contributed by atoms with Gasteiger partial charge in [-0.1, -0.05) is 24.3 Å². The van der Waals surface area contributed by atoms with E-state index in [1.165, 1.54) is 0 Å². The fourth-order valence-electron chi connectivity index (χ4n) is 3.08. The lowest BCUT2D eigenvalue weighted by molar-refractivity contribution is -0.121. The smallest absolute Gasteiger partial charge is 0.399 e. The molecule has 1 amide bonds. The van der Waals surface area contributed by atoms with E-state index < -0.39 is 0 Å². The molecule has 136 valence electrons. The van der Waals surface area contributed by atoms with Crippen LogP contribution < -0.4 is 10.8 Å². The van der Waals surface area contributed by atoms with Crippen LogP contribution in [0.5, 0.6) is 0 Å². The highest BCUT2D eigenvalue weighted by Crippen LogP contribution is 2.36. The van der Waals surface area contributed by atoms with Gasteiger partial charge in [0.25, 0.3) is 0 Å². The van der Waals surface area contributed by atoms with Crippen LogP contribution in [0.15, 0.2) is 24.3 Å². The molecule has 0 radical (unpaired) electrons. The van der Waals surface area contributed by atoms with Crippen LogP contribution in [0.25, 0.3) is 0 Å². The normalized spacial score (nSPS) is 22.8. The van der Waals surface area contributed by atoms with Gasteiger partial charge in [-0.3, -0.25) is 4.79 Å². The lowest BCUT2D eigenvalue weighted by Gasteiger charge is -2.32. The molecule has 2 fully saturated rings. The van der Waals surface area contributed by atoms with Crippen molar-refractivity contribution in [3.8, 4) is 0 Å². The second-order valence-electron chi connectivity index (χ2n) is 7.96. The van der Waals surface area contributed by atoms with Crippen LogP contribution in [-0.4, -0.2) is 43.5 Å². The van der Waals surface area contributed by atoms with E-state index in [1.807, 2.05) is 52.0 Å². The van der Waals surface area contributed by atoms with Crippen LogP contribution in [-0.2, 0) is 25.3 Å². The average Bonchev–Trinajstić information content (AvgIpc) is 2.77. The van der Waals surface area contributed by atoms with E-state index in [0.29, 0.717) is 6.42 Å². The summed E-state index contributed by atoms with van der Waals surface area (Å²) in [6.45, 7) is 9.63. The van der Waals surface area contributed by atoms with Gasteiger partial charge in [0.05, 0.1) is 17.6 Å². The summed E-state index contributed by atoms with van der Waals surface area (Å²) in [4.78, 5) is 12.2. The fourth-order valence-corrected chi connectivity index (χ4v) is 3.08. The van der Waals surface area contributed by atoms with Crippen molar-refractivity contribution in [1.29, 1.82) is 0 Å². The second kappa shape index (κ2) is 7.10. The molecule has 1 aromatic carbocycles. The summed E-state index contributed by atoms with van der Waals surface area (Å²) in [5.74, 6) is 0.0651. The Balaban J connectivity index is 1.56. The Morgan fingerprint density at radius 1 is 1.08 bits per heavy atom. The molecule has 0 atom stereocenters. The number of amides is 1. The monoisotopic (exact) mass is 345 g/mol. The van der Waals surface area contributed by atoms with Crippen molar-refractivity contribution in [2.45, 2.75) is 64.2 Å². The van der Waals surface area contributed by atoms with E-state index in [4.69, 9.17) is 14.0 Å². The lowest BCUT2D eigenvalue weighted by atomic mass is 9.79. The first kappa shape index (κ1) is 18.4. The summed E-state index contributed by atoms with van der Waals surface area (Å²) in [5, 5.41) is 3.09. The van der Waals surface area contributed by atoms with Gasteiger partial charge in [0.15, 0.2) is 0 Å². The molecule has 1 N–H and O–H groups in total. The number of ether oxygens (including phenoxy) is 1. The predicted molar refractivity (Wildman–Crippen MR) is 97.8 cm³/mol. The van der Waals surface area contributed by atoms with Gasteiger partial charge >= 0.3 is 7.12 Å². The molecule has 0 aliphatic carbocycles. The molecule has 2 heterocycles. The zero-order chi connectivity index (χ0) is 18.1. The number of benzene rings is 1. The van der Waals surface area contributed by atoms with E-state index >= 15 is 0 Å². The highest BCUT2D eigenvalue weighted by Gasteiger charge is 2.51. The summed E-state index contributed by atoms with van der Waals surface area (Å²) < 4.78 is 17.4. The molecule has 6 heteroatoms. The van der Waals surface area contributed by atoms with Crippen LogP contribution in [0.3, 0.4) is 0 Å². The Morgan fingerprint density at radius 3 is 2.20 bits per heavy atom. The van der Waals surface area contributed by atoms with Gasteiger partial charge in [-0.15, -0.1) is 0 Å². The number of rotatable bonds is 4. The molecule has 2 saturated heterocycles. The number of carbonyl (C=O) groups excluding carboxylic acids is 1. The molecular formula is C19H28BNO4. The molecule has 0 saturated carbocycles. The summed E-state index contributed by atoms with van der Waals surface area (Å²) in [6, 6.07) is 8.16. The molecule has 1 aromatic rings. The van der Waals surface area contributed by atoms with Crippen LogP contribution in [0.1, 0.15) is 46.1 Å². The highest BCUT2D eigenvalue weighted by molar-refractivity contribution is 6.62. The van der Waals surface area contributed by atoms with Gasteiger partial charge in [0, 0.05) is 19.3 Å². The SMILES string of the molecule is CC1(C)OB(c2ccc(CC(=O)NC3CCOCC3)cc2)OC1(C)C. The van der Waals surface area contributed by atoms with Crippen molar-refractivity contribution in [2.24, 2.45) is 0 Å². The third-order valence-corrected chi connectivity index (χ3v) is 5.46. The molecule has 0 unspecified atom stereocenters. The van der Waals surface area contributed by atoms with Crippen molar-refractivity contribution in [3.63, 3.8) is 0 Å². The predicted octanol–water partition coefficient (Wildman–Crippen LogP) is 1.82. The van der Waals surface area contributed by atoms with E-state index in [0.717, 1.165) is 37.1 Å². The van der Waals surface area contributed by atoms with Crippen molar-refractivity contribution >= 4 is 18.5 Å². The third-order valence-electron chi connectivity index (χ3n) is 5.46. The maximum atomic E-state index is 12.2. The summed E-state index contributed by atoms with van der Waals surface area (Å²) in [7, 11) is -0.366. The van der Waals surface area contributed by atoms with Crippen molar-refractivity contribution in [1.82, 2.24) is 5.32 Å². The average molecular weight is 345 g/mol. The molecular weight excluding hydrogens is 317 g/mol. The Kier molecular flexibility index (Phi) is 5.23. The first-order valence-corrected chi connectivity index (χ1v) is 9.08. The zero-order valence-electron chi connectivity index (χ0n) is 15.6. The Hall–Kier alpha value is -1.37. The molecule has 2 aliphatic heterocycles. The minimum Gasteiger partial charge on any atom is -0.399 e. The largest absolute Gasteiger partial charge is 0.494 e. The third kappa shape index (κ3) is 4.25. The molecule has 25 heavy (non-hydrogen) atoms. The Morgan fingerprint density at radius 2 is 1.64 bits per heavy atom. The van der Waals surface area contributed by atoms with Crippen LogP contribution in [0.4, 0.5) is 0 Å². The standard InChI is InChI=1S/C19H28BNO4/c1-18(2)19(3,4)25-20(24-18)15-7-5-14(6-8-15)13-17(22)21-16-9-11-23-12-10-16/h5-8,16H,9-13H2,1-4H3,(H,21,22). The van der Waals surface area contributed by atoms with Gasteiger partial charge in [0.2, 0.25) is 5.91 Å². The maximum absolute atomic E-state index is 12.2. The molecule has 5 nitrogen and oxygen atoms in total. The Labute approximate surface area is 150 Å². The minimum absolute atomic E-state index is 0.0651. The summed E-state index contributed by atoms with van der Waals surface area (Å²) in [5.41, 5.74) is 1.27. The van der Waals surface area contributed by atoms with E-state index in [-0.39, 0.29) is 30.3 Å². The van der Waals surface area contributed by atoms with Crippen LogP contribution >= 0.6 is 0 Å². The summed E-state index contributed by atoms with van der Waals surface area (Å²) >= 11 is 0. The van der Waals surface area contributed by atoms with Gasteiger partial charge in [-0.05, 0) is 51.6 Å². The molecule has 0 spiro atoms. The van der Waals surface area contributed by atoms with E-state index in [9.17, 15) is 4.79 Å². The topological polar surface area (TPSA) is 56.8 Å². The second-order valence-corrected chi connectivity index (χ2v) is 7.96. The van der Waals surface area contributed by atoms with Crippen molar-refractivity contribution in [3.05, 3.63) is 29.8 Å². The van der Waals surface area contributed by atoms with E-state index in [1.54, 1.807) is 0 Å². The van der Waals surface area contributed by atoms with Gasteiger partial charge in [-0.25, -0.2) is 0 Å². The zero-order valence-corrected chi connectivity index (χ0v) is 15.6. The number of hydrogen-bond donors (Lipinski definition) is 1. The van der Waals surface area contributed by atoms with Crippen LogP contribution in [0, 0.1) is 0 Å². The lowest BCUT2D eigenvalue weighted by Crippen LogP contribution is -2.41. The minimum atomic E-state index is -0.366. The van der Waals surface area contributed by atoms with Gasteiger partial charge in [-0.2, -0.15) is 0 Å². The van der Waals surface area contributed by atoms with Crippen molar-refractivity contribution < 1.29 is 18.8 Å². The number of carbonyl (C=O) groups is 1. The number of hydrogen-bond acceptors (Lipinski definition) is 4. The van der Waals surface area contributed by atoms with Crippen molar-refractivity contribution in [2.75, 3.05) is 13.2 Å². The highest BCUT2D eigenvalue weighted by atomic mass is 16.7. The van der Waals surface area contributed by atoms with Gasteiger partial charge in [0.1, 0.15) is 0 Å². The number of nitrogens with one attached hydrogen (secondary N) is 1. The Bertz CT molecular complexity index is 592.